The van der Waals surface area contributed by atoms with Gasteiger partial charge in [-0.2, -0.15) is 0 Å². The number of esters is 1. The molecule has 0 saturated carbocycles. The molecule has 2 aromatic carbocycles. The summed E-state index contributed by atoms with van der Waals surface area (Å²) in [5, 5.41) is 9.89. The van der Waals surface area contributed by atoms with Crippen LogP contribution in [0.5, 0.6) is 5.75 Å². The van der Waals surface area contributed by atoms with Crippen molar-refractivity contribution in [2.75, 3.05) is 7.11 Å². The normalized spacial score (nSPS) is 10.6. The summed E-state index contributed by atoms with van der Waals surface area (Å²) in [6.45, 7) is 0.113. The van der Waals surface area contributed by atoms with Gasteiger partial charge in [0, 0.05) is 17.1 Å². The van der Waals surface area contributed by atoms with E-state index in [4.69, 9.17) is 9.47 Å². The number of rotatable bonds is 6. The van der Waals surface area contributed by atoms with Crippen molar-refractivity contribution in [3.05, 3.63) is 65.9 Å². The smallest absolute Gasteiger partial charge is 0.337 e. The van der Waals surface area contributed by atoms with Crippen LogP contribution in [0.15, 0.2) is 54.7 Å². The van der Waals surface area contributed by atoms with Crippen molar-refractivity contribution in [2.24, 2.45) is 0 Å². The first-order valence-corrected chi connectivity index (χ1v) is 7.68. The molecule has 128 valence electrons. The number of aromatic carboxylic acids is 1. The minimum absolute atomic E-state index is 0.0665. The first-order valence-electron chi connectivity index (χ1n) is 7.68. The molecule has 0 amide bonds. The van der Waals surface area contributed by atoms with Crippen LogP contribution in [0.2, 0.25) is 0 Å². The van der Waals surface area contributed by atoms with Gasteiger partial charge in [0.15, 0.2) is 0 Å². The van der Waals surface area contributed by atoms with Crippen molar-refractivity contribution in [1.82, 2.24) is 4.57 Å². The van der Waals surface area contributed by atoms with Crippen molar-refractivity contribution >= 4 is 22.8 Å². The molecular formula is C19H17NO5. The fourth-order valence-electron chi connectivity index (χ4n) is 2.63. The predicted molar refractivity (Wildman–Crippen MR) is 91.7 cm³/mol. The molecule has 0 aliphatic carbocycles. The Morgan fingerprint density at radius 3 is 2.56 bits per heavy atom. The molecule has 0 bridgehead atoms. The average Bonchev–Trinajstić information content (AvgIpc) is 2.98. The van der Waals surface area contributed by atoms with E-state index in [9.17, 15) is 14.7 Å². The number of carbonyl (C=O) groups is 2. The van der Waals surface area contributed by atoms with E-state index < -0.39 is 11.9 Å². The Labute approximate surface area is 144 Å². The van der Waals surface area contributed by atoms with Crippen LogP contribution in [-0.2, 0) is 22.7 Å². The molecule has 0 unspecified atom stereocenters. The Morgan fingerprint density at radius 1 is 1.12 bits per heavy atom. The van der Waals surface area contributed by atoms with Gasteiger partial charge in [-0.05, 0) is 23.8 Å². The van der Waals surface area contributed by atoms with Crippen LogP contribution < -0.4 is 4.74 Å². The van der Waals surface area contributed by atoms with Gasteiger partial charge in [0.2, 0.25) is 0 Å². The van der Waals surface area contributed by atoms with Crippen LogP contribution in [0.25, 0.3) is 10.9 Å². The Bertz CT molecular complexity index is 914. The number of carboxylic acids is 1. The first kappa shape index (κ1) is 16.6. The van der Waals surface area contributed by atoms with E-state index in [1.54, 1.807) is 22.8 Å². The second-order valence-electron chi connectivity index (χ2n) is 5.51. The minimum atomic E-state index is -1.06. The van der Waals surface area contributed by atoms with E-state index >= 15 is 0 Å². The lowest BCUT2D eigenvalue weighted by Crippen LogP contribution is -2.13. The lowest BCUT2D eigenvalue weighted by atomic mass is 10.1. The number of hydrogen-bond donors (Lipinski definition) is 1. The summed E-state index contributed by atoms with van der Waals surface area (Å²) in [6, 6.07) is 14.5. The zero-order valence-electron chi connectivity index (χ0n) is 13.6. The van der Waals surface area contributed by atoms with Crippen LogP contribution >= 0.6 is 0 Å². The predicted octanol–water partition coefficient (Wildman–Crippen LogP) is 3.09. The summed E-state index contributed by atoms with van der Waals surface area (Å²) in [6.07, 6.45) is 1.44. The van der Waals surface area contributed by atoms with E-state index in [1.807, 2.05) is 30.3 Å². The Morgan fingerprint density at radius 2 is 1.88 bits per heavy atom. The quantitative estimate of drug-likeness (QED) is 0.698. The summed E-state index contributed by atoms with van der Waals surface area (Å²) >= 11 is 0. The fourth-order valence-corrected chi connectivity index (χ4v) is 2.63. The molecule has 0 atom stereocenters. The Kier molecular flexibility index (Phi) is 4.70. The van der Waals surface area contributed by atoms with Gasteiger partial charge < -0.3 is 19.1 Å². The zero-order valence-corrected chi connectivity index (χ0v) is 13.6. The average molecular weight is 339 g/mol. The van der Waals surface area contributed by atoms with Crippen molar-refractivity contribution < 1.29 is 24.2 Å². The SMILES string of the molecule is COc1ccc2c(c1)c(C(=O)O)cn2CC(=O)OCc1ccccc1. The number of nitrogens with zero attached hydrogens (tertiary/aromatic N) is 1. The van der Waals surface area contributed by atoms with Crippen molar-refractivity contribution in [3.63, 3.8) is 0 Å². The third-order valence-electron chi connectivity index (χ3n) is 3.86. The van der Waals surface area contributed by atoms with Crippen molar-refractivity contribution in [1.29, 1.82) is 0 Å². The van der Waals surface area contributed by atoms with Gasteiger partial charge in [0.25, 0.3) is 0 Å². The molecule has 0 aliphatic heterocycles. The van der Waals surface area contributed by atoms with Gasteiger partial charge in [0.1, 0.15) is 18.9 Å². The maximum absolute atomic E-state index is 12.1. The van der Waals surface area contributed by atoms with Gasteiger partial charge in [-0.25, -0.2) is 4.79 Å². The molecule has 3 aromatic rings. The Balaban J connectivity index is 1.81. The molecule has 6 nitrogen and oxygen atoms in total. The zero-order chi connectivity index (χ0) is 17.8. The number of hydrogen-bond acceptors (Lipinski definition) is 4. The van der Waals surface area contributed by atoms with Gasteiger partial charge in [0.05, 0.1) is 12.7 Å². The van der Waals surface area contributed by atoms with Gasteiger partial charge in [-0.3, -0.25) is 4.79 Å². The number of carboxylic acid groups (broad SMARTS) is 1. The van der Waals surface area contributed by atoms with Crippen LogP contribution in [0.1, 0.15) is 15.9 Å². The first-order chi connectivity index (χ1) is 12.1. The summed E-state index contributed by atoms with van der Waals surface area (Å²) in [5.41, 5.74) is 1.64. The largest absolute Gasteiger partial charge is 0.497 e. The van der Waals surface area contributed by atoms with Crippen LogP contribution in [-0.4, -0.2) is 28.7 Å². The fraction of sp³-hybridized carbons (Fsp3) is 0.158. The highest BCUT2D eigenvalue weighted by Gasteiger charge is 2.17. The monoisotopic (exact) mass is 339 g/mol. The molecule has 0 radical (unpaired) electrons. The second-order valence-corrected chi connectivity index (χ2v) is 5.51. The third-order valence-corrected chi connectivity index (χ3v) is 3.86. The van der Waals surface area contributed by atoms with Crippen molar-refractivity contribution in [3.8, 4) is 5.75 Å². The topological polar surface area (TPSA) is 77.8 Å². The van der Waals surface area contributed by atoms with Crippen LogP contribution in [0, 0.1) is 0 Å². The van der Waals surface area contributed by atoms with Gasteiger partial charge in [-0.1, -0.05) is 30.3 Å². The standard InChI is InChI=1S/C19H17NO5/c1-24-14-7-8-17-15(9-14)16(19(22)23)10-20(17)11-18(21)25-12-13-5-3-2-4-6-13/h2-10H,11-12H2,1H3,(H,22,23). The number of benzene rings is 2. The summed E-state index contributed by atoms with van der Waals surface area (Å²) in [7, 11) is 1.51. The molecule has 1 heterocycles. The van der Waals surface area contributed by atoms with Gasteiger partial charge >= 0.3 is 11.9 Å². The van der Waals surface area contributed by atoms with E-state index in [1.165, 1.54) is 13.3 Å². The lowest BCUT2D eigenvalue weighted by Gasteiger charge is -2.07. The van der Waals surface area contributed by atoms with Crippen LogP contribution in [0.4, 0.5) is 0 Å². The summed E-state index contributed by atoms with van der Waals surface area (Å²) < 4.78 is 12.0. The highest BCUT2D eigenvalue weighted by Crippen LogP contribution is 2.26. The number of methoxy groups -OCH3 is 1. The molecule has 25 heavy (non-hydrogen) atoms. The highest BCUT2D eigenvalue weighted by molar-refractivity contribution is 6.04. The van der Waals surface area contributed by atoms with E-state index in [0.29, 0.717) is 16.7 Å². The van der Waals surface area contributed by atoms with E-state index in [-0.39, 0.29) is 18.7 Å². The molecule has 3 rings (SSSR count). The third kappa shape index (κ3) is 3.63. The van der Waals surface area contributed by atoms with Crippen molar-refractivity contribution in [2.45, 2.75) is 13.2 Å². The van der Waals surface area contributed by atoms with E-state index in [0.717, 1.165) is 5.56 Å². The molecule has 0 aliphatic rings. The van der Waals surface area contributed by atoms with E-state index in [2.05, 4.69) is 0 Å². The lowest BCUT2D eigenvalue weighted by molar-refractivity contribution is -0.145. The van der Waals surface area contributed by atoms with Gasteiger partial charge in [-0.15, -0.1) is 0 Å². The maximum Gasteiger partial charge on any atom is 0.337 e. The number of ether oxygens (including phenoxy) is 2. The molecule has 0 fully saturated rings. The highest BCUT2D eigenvalue weighted by atomic mass is 16.5. The number of carbonyl (C=O) groups excluding carboxylic acids is 1. The molecule has 6 heteroatoms. The minimum Gasteiger partial charge on any atom is -0.497 e. The summed E-state index contributed by atoms with van der Waals surface area (Å²) in [4.78, 5) is 23.6. The number of aromatic nitrogens is 1. The maximum atomic E-state index is 12.1. The number of fused-ring (bicyclic) bond motifs is 1. The molecule has 0 spiro atoms. The second kappa shape index (κ2) is 7.09. The summed E-state index contributed by atoms with van der Waals surface area (Å²) in [5.74, 6) is -0.942. The molecule has 1 N–H and O–H groups in total. The Hall–Kier alpha value is -3.28. The van der Waals surface area contributed by atoms with Crippen LogP contribution in [0.3, 0.4) is 0 Å². The molecular weight excluding hydrogens is 322 g/mol. The molecule has 0 saturated heterocycles. The molecule has 1 aromatic heterocycles.